The first-order chi connectivity index (χ1) is 9.08. The number of rotatable bonds is 3. The van der Waals surface area contributed by atoms with Crippen LogP contribution in [0.15, 0.2) is 47.5 Å². The van der Waals surface area contributed by atoms with Gasteiger partial charge in [-0.25, -0.2) is 4.79 Å². The molecule has 0 radical (unpaired) electrons. The van der Waals surface area contributed by atoms with Crippen molar-refractivity contribution in [3.63, 3.8) is 0 Å². The molecule has 2 aromatic carbocycles. The summed E-state index contributed by atoms with van der Waals surface area (Å²) in [7, 11) is 0. The highest BCUT2D eigenvalue weighted by molar-refractivity contribution is 5.92. The van der Waals surface area contributed by atoms with Crippen molar-refractivity contribution in [3.8, 4) is 11.5 Å². The Morgan fingerprint density at radius 1 is 1.05 bits per heavy atom. The number of phenolic OH excluding ortho intramolecular Hbond substituents is 1. The summed E-state index contributed by atoms with van der Waals surface area (Å²) in [6.07, 6.45) is 1.42. The molecule has 5 heteroatoms. The highest BCUT2D eigenvalue weighted by atomic mass is 16.4. The fraction of sp³-hybridized carbons (Fsp3) is 0. The maximum Gasteiger partial charge on any atom is 0.339 e. The topological polar surface area (TPSA) is 90.1 Å². The molecule has 0 heterocycles. The van der Waals surface area contributed by atoms with Gasteiger partial charge in [0.05, 0.1) is 5.69 Å². The number of nitrogens with zero attached hydrogens (tertiary/aromatic N) is 1. The Kier molecular flexibility index (Phi) is 3.47. The minimum Gasteiger partial charge on any atom is -0.507 e. The van der Waals surface area contributed by atoms with E-state index in [1.807, 2.05) is 0 Å². The van der Waals surface area contributed by atoms with Crippen LogP contribution in [-0.2, 0) is 0 Å². The molecule has 0 saturated heterocycles. The highest BCUT2D eigenvalue weighted by Gasteiger charge is 2.09. The SMILES string of the molecule is O=C(O)c1cc(N=Cc2ccccc2O)ccc1O. The smallest absolute Gasteiger partial charge is 0.339 e. The summed E-state index contributed by atoms with van der Waals surface area (Å²) in [6.45, 7) is 0. The molecule has 0 unspecified atom stereocenters. The summed E-state index contributed by atoms with van der Waals surface area (Å²) >= 11 is 0. The molecule has 0 saturated carbocycles. The van der Waals surface area contributed by atoms with Crippen LogP contribution in [0.5, 0.6) is 11.5 Å². The summed E-state index contributed by atoms with van der Waals surface area (Å²) in [5.74, 6) is -1.45. The van der Waals surface area contributed by atoms with E-state index in [9.17, 15) is 15.0 Å². The maximum atomic E-state index is 10.9. The summed E-state index contributed by atoms with van der Waals surface area (Å²) in [4.78, 5) is 14.9. The van der Waals surface area contributed by atoms with E-state index in [4.69, 9.17) is 5.11 Å². The summed E-state index contributed by atoms with van der Waals surface area (Å²) in [5.41, 5.74) is 0.679. The molecule has 0 spiro atoms. The first-order valence-electron chi connectivity index (χ1n) is 5.46. The Morgan fingerprint density at radius 3 is 2.47 bits per heavy atom. The van der Waals surface area contributed by atoms with Crippen LogP contribution < -0.4 is 0 Å². The van der Waals surface area contributed by atoms with E-state index in [0.717, 1.165) is 0 Å². The Labute approximate surface area is 109 Å². The van der Waals surface area contributed by atoms with E-state index in [1.165, 1.54) is 30.5 Å². The zero-order chi connectivity index (χ0) is 13.8. The summed E-state index contributed by atoms with van der Waals surface area (Å²) < 4.78 is 0. The van der Waals surface area contributed by atoms with Crippen LogP contribution in [0.4, 0.5) is 5.69 Å². The van der Waals surface area contributed by atoms with Gasteiger partial charge in [-0.1, -0.05) is 12.1 Å². The molecular formula is C14H11NO4. The third-order valence-electron chi connectivity index (χ3n) is 2.50. The van der Waals surface area contributed by atoms with Gasteiger partial charge in [-0.15, -0.1) is 0 Å². The molecule has 19 heavy (non-hydrogen) atoms. The first-order valence-corrected chi connectivity index (χ1v) is 5.46. The van der Waals surface area contributed by atoms with Crippen LogP contribution in [0.3, 0.4) is 0 Å². The van der Waals surface area contributed by atoms with E-state index in [1.54, 1.807) is 18.2 Å². The largest absolute Gasteiger partial charge is 0.507 e. The molecule has 0 amide bonds. The lowest BCUT2D eigenvalue weighted by molar-refractivity contribution is 0.0694. The predicted octanol–water partition coefficient (Wildman–Crippen LogP) is 2.55. The van der Waals surface area contributed by atoms with Gasteiger partial charge in [0.2, 0.25) is 0 Å². The van der Waals surface area contributed by atoms with Crippen molar-refractivity contribution in [2.45, 2.75) is 0 Å². The Balaban J connectivity index is 2.32. The molecular weight excluding hydrogens is 246 g/mol. The number of carbonyl (C=O) groups is 1. The quantitative estimate of drug-likeness (QED) is 0.737. The van der Waals surface area contributed by atoms with Crippen molar-refractivity contribution < 1.29 is 20.1 Å². The van der Waals surface area contributed by atoms with E-state index >= 15 is 0 Å². The summed E-state index contributed by atoms with van der Waals surface area (Å²) in [5, 5.41) is 27.8. The van der Waals surface area contributed by atoms with Crippen LogP contribution in [-0.4, -0.2) is 27.5 Å². The van der Waals surface area contributed by atoms with Crippen LogP contribution >= 0.6 is 0 Å². The van der Waals surface area contributed by atoms with Crippen LogP contribution in [0.2, 0.25) is 0 Å². The molecule has 3 N–H and O–H groups in total. The number of aliphatic imine (C=N–C) groups is 1. The minimum atomic E-state index is -1.22. The lowest BCUT2D eigenvalue weighted by Gasteiger charge is -2.01. The number of hydrogen-bond acceptors (Lipinski definition) is 4. The lowest BCUT2D eigenvalue weighted by atomic mass is 10.2. The van der Waals surface area contributed by atoms with Gasteiger partial charge in [0.15, 0.2) is 0 Å². The zero-order valence-electron chi connectivity index (χ0n) is 9.82. The van der Waals surface area contributed by atoms with Gasteiger partial charge in [0, 0.05) is 11.8 Å². The third-order valence-corrected chi connectivity index (χ3v) is 2.50. The standard InChI is InChI=1S/C14H11NO4/c16-12-4-2-1-3-9(12)8-15-10-5-6-13(17)11(7-10)14(18)19/h1-8,16-17H,(H,18,19). The van der Waals surface area contributed by atoms with Crippen molar-refractivity contribution in [2.75, 3.05) is 0 Å². The molecule has 0 aliphatic rings. The van der Waals surface area contributed by atoms with Crippen LogP contribution in [0.1, 0.15) is 15.9 Å². The molecule has 2 rings (SSSR count). The second kappa shape index (κ2) is 5.22. The molecule has 96 valence electrons. The molecule has 5 nitrogen and oxygen atoms in total. The minimum absolute atomic E-state index is 0.0866. The number of carboxylic acid groups (broad SMARTS) is 1. The van der Waals surface area contributed by atoms with Crippen molar-refractivity contribution in [3.05, 3.63) is 53.6 Å². The van der Waals surface area contributed by atoms with E-state index in [-0.39, 0.29) is 17.1 Å². The fourth-order valence-electron chi connectivity index (χ4n) is 1.52. The van der Waals surface area contributed by atoms with Gasteiger partial charge in [-0.2, -0.15) is 0 Å². The van der Waals surface area contributed by atoms with Crippen molar-refractivity contribution in [2.24, 2.45) is 4.99 Å². The van der Waals surface area contributed by atoms with Gasteiger partial charge < -0.3 is 15.3 Å². The number of hydrogen-bond donors (Lipinski definition) is 3. The van der Waals surface area contributed by atoms with Crippen molar-refractivity contribution >= 4 is 17.9 Å². The maximum absolute atomic E-state index is 10.9. The number of aromatic carboxylic acids is 1. The Hall–Kier alpha value is -2.82. The Morgan fingerprint density at radius 2 is 1.79 bits per heavy atom. The predicted molar refractivity (Wildman–Crippen MR) is 70.4 cm³/mol. The highest BCUT2D eigenvalue weighted by Crippen LogP contribution is 2.23. The number of benzene rings is 2. The number of phenols is 2. The molecule has 0 bridgehead atoms. The van der Waals surface area contributed by atoms with Gasteiger partial charge in [-0.05, 0) is 30.3 Å². The van der Waals surface area contributed by atoms with Crippen molar-refractivity contribution in [1.29, 1.82) is 0 Å². The molecule has 2 aromatic rings. The normalized spacial score (nSPS) is 10.7. The van der Waals surface area contributed by atoms with E-state index in [2.05, 4.69) is 4.99 Å². The van der Waals surface area contributed by atoms with Crippen molar-refractivity contribution in [1.82, 2.24) is 0 Å². The van der Waals surface area contributed by atoms with Gasteiger partial charge >= 0.3 is 5.97 Å². The lowest BCUT2D eigenvalue weighted by Crippen LogP contribution is -1.95. The van der Waals surface area contributed by atoms with Gasteiger partial charge in [-0.3, -0.25) is 4.99 Å². The number of aromatic hydroxyl groups is 2. The number of para-hydroxylation sites is 1. The van der Waals surface area contributed by atoms with Gasteiger partial charge in [0.1, 0.15) is 17.1 Å². The van der Waals surface area contributed by atoms with E-state index in [0.29, 0.717) is 11.3 Å². The average molecular weight is 257 g/mol. The average Bonchev–Trinajstić information content (AvgIpc) is 2.39. The Bertz CT molecular complexity index is 650. The van der Waals surface area contributed by atoms with E-state index < -0.39 is 5.97 Å². The zero-order valence-corrected chi connectivity index (χ0v) is 9.82. The van der Waals surface area contributed by atoms with Crippen LogP contribution in [0, 0.1) is 0 Å². The molecule has 0 aromatic heterocycles. The first kappa shape index (κ1) is 12.6. The molecule has 0 aliphatic carbocycles. The molecule has 0 atom stereocenters. The monoisotopic (exact) mass is 257 g/mol. The fourth-order valence-corrected chi connectivity index (χ4v) is 1.52. The second-order valence-electron chi connectivity index (χ2n) is 3.82. The van der Waals surface area contributed by atoms with Gasteiger partial charge in [0.25, 0.3) is 0 Å². The molecule has 0 aliphatic heterocycles. The molecule has 0 fully saturated rings. The number of carboxylic acids is 1. The third kappa shape index (κ3) is 2.90. The second-order valence-corrected chi connectivity index (χ2v) is 3.82. The summed E-state index contributed by atoms with van der Waals surface area (Å²) in [6, 6.07) is 10.7. The van der Waals surface area contributed by atoms with Crippen LogP contribution in [0.25, 0.3) is 0 Å².